The van der Waals surface area contributed by atoms with Gasteiger partial charge in [0.15, 0.2) is 34.4 Å². The first-order chi connectivity index (χ1) is 59.9. The van der Waals surface area contributed by atoms with Crippen molar-refractivity contribution in [2.24, 2.45) is 44.3 Å². The predicted molar refractivity (Wildman–Crippen MR) is 474 cm³/mol. The van der Waals surface area contributed by atoms with E-state index in [9.17, 15) is 24.6 Å². The molecule has 4 aliphatic rings. The molecule has 13 heterocycles. The Kier molecular flexibility index (Phi) is 21.4. The fourth-order valence-corrected chi connectivity index (χ4v) is 17.6. The van der Waals surface area contributed by atoms with Gasteiger partial charge >= 0.3 is 29.6 Å². The number of aryl methyl sites for hydroxylation is 3. The molecule has 0 spiro atoms. The predicted octanol–water partition coefficient (Wildman–Crippen LogP) is 10.1. The Morgan fingerprint density at radius 2 is 0.672 bits per heavy atom. The van der Waals surface area contributed by atoms with Gasteiger partial charge < -0.3 is 36.8 Å². The molecule has 0 unspecified atom stereocenters. The summed E-state index contributed by atoms with van der Waals surface area (Å²) in [5.41, 5.74) is 32.9. The van der Waals surface area contributed by atoms with Gasteiger partial charge in [-0.15, -0.1) is 30.6 Å². The number of pyridine rings is 6. The fourth-order valence-electron chi connectivity index (χ4n) is 17.6. The number of Topliss-reactive ketones (excluding diaryl/α,β-unsaturated/α-hetero) is 1. The van der Waals surface area contributed by atoms with E-state index in [0.29, 0.717) is 59.9 Å². The molecule has 7 aromatic carbocycles. The van der Waals surface area contributed by atoms with Crippen LogP contribution < -0.4 is 52.7 Å². The van der Waals surface area contributed by atoms with Crippen LogP contribution in [-0.4, -0.2) is 141 Å². The number of aliphatic hydroxyl groups is 2. The summed E-state index contributed by atoms with van der Waals surface area (Å²) in [6.45, 7) is 0. The number of nitrogens with two attached hydrogens (primary N) is 4. The van der Waals surface area contributed by atoms with Crippen LogP contribution in [0, 0.1) is 0 Å². The van der Waals surface area contributed by atoms with Crippen molar-refractivity contribution in [3.63, 3.8) is 0 Å². The van der Waals surface area contributed by atoms with E-state index in [1.54, 1.807) is 43.2 Å². The van der Waals surface area contributed by atoms with Gasteiger partial charge in [0.1, 0.15) is 22.9 Å². The monoisotopic (exact) mass is 1660 g/mol. The van der Waals surface area contributed by atoms with E-state index < -0.39 is 16.6 Å². The van der Waals surface area contributed by atoms with Gasteiger partial charge in [-0.3, -0.25) is 44.2 Å². The Morgan fingerprint density at radius 3 is 0.952 bits per heavy atom. The number of imide groups is 1. The molecule has 23 rings (SSSR count). The number of benzene rings is 7. The number of imidazole rings is 3. The van der Waals surface area contributed by atoms with E-state index in [1.807, 2.05) is 194 Å². The number of ketones is 1. The molecule has 28 nitrogen and oxygen atoms in total. The minimum absolute atomic E-state index is 0. The molecule has 2 amide bonds. The molecule has 10 N–H and O–H groups in total. The third-order valence-corrected chi connectivity index (χ3v) is 23.9. The Bertz CT molecular complexity index is 7070. The summed E-state index contributed by atoms with van der Waals surface area (Å²) in [6, 6.07) is 74.0. The van der Waals surface area contributed by atoms with E-state index in [-0.39, 0.29) is 82.0 Å². The quantitative estimate of drug-likeness (QED) is 0.0270. The Balaban J connectivity index is 0.000000132. The normalized spacial score (nSPS) is 17.3. The molecule has 30 heteroatoms. The van der Waals surface area contributed by atoms with Gasteiger partial charge in [0, 0.05) is 140 Å². The average Bonchev–Trinajstić information content (AvgIpc) is 1.36. The zero-order valence-electron chi connectivity index (χ0n) is 69.5. The molecule has 3 aliphatic carbocycles. The standard InChI is InChI=1S/C37H25N7O3.2C29H25N7O.B.H4N2.Na.H/c1-42-20-31(38-21-42)34-41-40-33-29-17-28(22-7-3-2-4-8-22)32(39-30(29)15-16-43(33)34)23-11-13-24(14-12-23)37(18-25(45)19-37)44-35(46)26-9-5-6-10-27(26)36(44)47;2*1-35-16-25(31-17-35)28-34-33-27-23-13-22(18-5-3-2-4-6-18)26(32-24(23)11-12-36(27)28)19-7-9-20(10-8-19)29(30)14-21(37)15-29;;1-2;;/h2-17,20-21H,18-19H2,1H3;2*2-13,16-17,21,37H,14-15,30H2,1H3;;1-2H2;;/q;;;;;+1;-1. The van der Waals surface area contributed by atoms with E-state index in [0.717, 1.165) is 145 Å². The number of rotatable bonds is 13. The van der Waals surface area contributed by atoms with E-state index in [2.05, 4.69) is 148 Å². The molecule has 0 atom stereocenters. The van der Waals surface area contributed by atoms with E-state index >= 15 is 0 Å². The maximum Gasteiger partial charge on any atom is 1.00 e. The van der Waals surface area contributed by atoms with Crippen molar-refractivity contribution in [1.82, 2.24) is 92.3 Å². The fraction of sp³-hybridized carbons (Fsp3) is 0.147. The Hall–Kier alpha value is -14.1. The second kappa shape index (κ2) is 32.6. The van der Waals surface area contributed by atoms with Crippen molar-refractivity contribution in [2.45, 2.75) is 67.3 Å². The second-order valence-corrected chi connectivity index (χ2v) is 32.0. The zero-order valence-corrected chi connectivity index (χ0v) is 70.5. The molecule has 1 aliphatic heterocycles. The number of fused-ring (bicyclic) bond motifs is 10. The van der Waals surface area contributed by atoms with E-state index in [1.165, 1.54) is 4.90 Å². The van der Waals surface area contributed by atoms with Gasteiger partial charge in [-0.25, -0.2) is 29.9 Å². The van der Waals surface area contributed by atoms with Crippen molar-refractivity contribution < 1.29 is 55.6 Å². The number of amides is 2. The van der Waals surface area contributed by atoms with Crippen molar-refractivity contribution in [1.29, 1.82) is 0 Å². The molecule has 125 heavy (non-hydrogen) atoms. The first-order valence-electron chi connectivity index (χ1n) is 40.1. The summed E-state index contributed by atoms with van der Waals surface area (Å²) in [6.07, 6.45) is 18.7. The third kappa shape index (κ3) is 14.4. The van der Waals surface area contributed by atoms with Crippen LogP contribution >= 0.6 is 0 Å². The van der Waals surface area contributed by atoms with Gasteiger partial charge in [0.2, 0.25) is 0 Å². The minimum atomic E-state index is -1.02. The average molecular weight is 1660 g/mol. The number of hydrogen-bond donors (Lipinski definition) is 6. The summed E-state index contributed by atoms with van der Waals surface area (Å²) in [4.78, 5) is 69.5. The minimum Gasteiger partial charge on any atom is -1.00 e. The van der Waals surface area contributed by atoms with Gasteiger partial charge in [-0.05, 0) is 108 Å². The smallest absolute Gasteiger partial charge is 1.00 e. The molecular formula is C95H80BN23NaO5. The zero-order chi connectivity index (χ0) is 84.2. The van der Waals surface area contributed by atoms with E-state index in [4.69, 9.17) is 26.4 Å². The third-order valence-electron chi connectivity index (χ3n) is 23.9. The van der Waals surface area contributed by atoms with Crippen LogP contribution in [0.25, 0.3) is 151 Å². The second-order valence-electron chi connectivity index (χ2n) is 32.0. The largest absolute Gasteiger partial charge is 1.00 e. The van der Waals surface area contributed by atoms with Gasteiger partial charge in [0.25, 0.3) is 11.8 Å². The van der Waals surface area contributed by atoms with Crippen LogP contribution in [0.3, 0.4) is 0 Å². The molecule has 0 bridgehead atoms. The number of nitrogens with zero attached hydrogens (tertiary/aromatic N) is 19. The van der Waals surface area contributed by atoms with Crippen LogP contribution in [0.2, 0.25) is 0 Å². The molecule has 3 fully saturated rings. The maximum absolute atomic E-state index is 13.5. The van der Waals surface area contributed by atoms with Crippen LogP contribution in [0.1, 0.15) is 77.4 Å². The van der Waals surface area contributed by atoms with Gasteiger partial charge in [0.05, 0.1) is 81.5 Å². The Labute approximate surface area is 740 Å². The summed E-state index contributed by atoms with van der Waals surface area (Å²) >= 11 is 0. The number of hydrazine groups is 1. The summed E-state index contributed by atoms with van der Waals surface area (Å²) in [5, 5.41) is 49.1. The molecule has 19 aromatic rings. The molecule has 0 saturated heterocycles. The van der Waals surface area contributed by atoms with Crippen molar-refractivity contribution in [3.05, 3.63) is 308 Å². The van der Waals surface area contributed by atoms with Crippen molar-refractivity contribution in [2.75, 3.05) is 0 Å². The number of aliphatic hydroxyl groups excluding tert-OH is 2. The number of aromatic nitrogens is 18. The summed E-state index contributed by atoms with van der Waals surface area (Å²) in [5.74, 6) is 9.31. The van der Waals surface area contributed by atoms with Crippen molar-refractivity contribution in [3.8, 4) is 102 Å². The molecule has 3 radical (unpaired) electrons. The molecule has 609 valence electrons. The molecule has 3 saturated carbocycles. The first-order valence-corrected chi connectivity index (χ1v) is 40.1. The topological polar surface area (TPSA) is 382 Å². The van der Waals surface area contributed by atoms with Gasteiger partial charge in [-0.2, -0.15) is 0 Å². The number of carbonyl (C=O) groups excluding carboxylic acids is 3. The van der Waals surface area contributed by atoms with Crippen LogP contribution in [0.4, 0.5) is 0 Å². The van der Waals surface area contributed by atoms with Crippen LogP contribution in [0.15, 0.2) is 281 Å². The number of carbonyl (C=O) groups is 3. The summed E-state index contributed by atoms with van der Waals surface area (Å²) in [7, 11) is 5.78. The molecule has 12 aromatic heterocycles. The molecular weight excluding hydrogens is 1580 g/mol. The maximum atomic E-state index is 13.5. The van der Waals surface area contributed by atoms with Crippen LogP contribution in [-0.2, 0) is 42.6 Å². The van der Waals surface area contributed by atoms with Crippen molar-refractivity contribution >= 4 is 75.7 Å². The number of hydrogen-bond acceptors (Lipinski definition) is 21. The van der Waals surface area contributed by atoms with Gasteiger partial charge in [-0.1, -0.05) is 176 Å². The van der Waals surface area contributed by atoms with Crippen LogP contribution in [0.5, 0.6) is 0 Å². The summed E-state index contributed by atoms with van der Waals surface area (Å²) < 4.78 is 11.5. The SMILES string of the molecule is Cn1cnc(-c2nnc3c4cc(-c5ccccc5)c(-c5ccc(C6(N)CC(O)C6)cc5)nc4ccn23)c1.Cn1cnc(-c2nnc3c4cc(-c5ccccc5)c(-c5ccc(C6(N)CC(O)C6)cc5)nc4ccn23)c1.Cn1cnc(-c2nnc3c4cc(-c5ccccc5)c(-c5ccc(C6(N7C(=O)c8ccccc8C7=O)CC(=O)C6)cc5)nc4ccn23)c1.NN.[B].[H-].[Na+]. The Morgan fingerprint density at radius 1 is 0.376 bits per heavy atom. The first kappa shape index (κ1) is 81.9.